The van der Waals surface area contributed by atoms with E-state index in [-0.39, 0.29) is 27.6 Å². The number of likely N-dealkylation sites (tertiary alicyclic amines) is 1. The number of amides is 4. The summed E-state index contributed by atoms with van der Waals surface area (Å²) in [5.41, 5.74) is 6.38. The lowest BCUT2D eigenvalue weighted by Gasteiger charge is -2.25. The van der Waals surface area contributed by atoms with Gasteiger partial charge in [0.2, 0.25) is 11.8 Å². The molecule has 9 heteroatoms. The maximum absolute atomic E-state index is 13.2. The number of urea groups is 1. The molecule has 0 unspecified atom stereocenters. The van der Waals surface area contributed by atoms with Crippen LogP contribution in [0, 0.1) is 5.92 Å². The molecule has 0 spiro atoms. The number of nitrogens with one attached hydrogen (secondary N) is 2. The van der Waals surface area contributed by atoms with Crippen molar-refractivity contribution in [3.63, 3.8) is 0 Å². The van der Waals surface area contributed by atoms with Crippen molar-refractivity contribution in [1.82, 2.24) is 15.5 Å². The van der Waals surface area contributed by atoms with Crippen LogP contribution in [-0.4, -0.2) is 64.7 Å². The minimum atomic E-state index is -0.655. The molecule has 1 heterocycles. The van der Waals surface area contributed by atoms with Gasteiger partial charge in [0.05, 0.1) is 5.25 Å². The van der Waals surface area contributed by atoms with Crippen molar-refractivity contribution >= 4 is 42.2 Å². The largest absolute Gasteiger partial charge is 0.357 e. The Morgan fingerprint density at radius 1 is 1.20 bits per heavy atom. The van der Waals surface area contributed by atoms with Gasteiger partial charge in [0, 0.05) is 37.1 Å². The average molecular weight is 453 g/mol. The summed E-state index contributed by atoms with van der Waals surface area (Å²) in [4.78, 5) is 38.6. The number of hydrogen-bond acceptors (Lipinski definition) is 5. The number of primary amides is 1. The van der Waals surface area contributed by atoms with Gasteiger partial charge in [-0.3, -0.25) is 9.59 Å². The molecule has 0 bridgehead atoms. The molecule has 0 aromatic heterocycles. The van der Waals surface area contributed by atoms with Crippen molar-refractivity contribution in [2.24, 2.45) is 11.7 Å². The fraction of sp³-hybridized carbons (Fsp3) is 0.571. The molecule has 1 aromatic rings. The van der Waals surface area contributed by atoms with E-state index in [1.54, 1.807) is 11.9 Å². The lowest BCUT2D eigenvalue weighted by molar-refractivity contribution is -0.128. The summed E-state index contributed by atoms with van der Waals surface area (Å²) in [6.45, 7) is 5.06. The first kappa shape index (κ1) is 24.4. The monoisotopic (exact) mass is 452 g/mol. The Kier molecular flexibility index (Phi) is 9.36. The van der Waals surface area contributed by atoms with Crippen molar-refractivity contribution < 1.29 is 14.4 Å². The molecule has 0 saturated carbocycles. The van der Waals surface area contributed by atoms with Gasteiger partial charge in [-0.05, 0) is 17.9 Å². The maximum atomic E-state index is 13.2. The van der Waals surface area contributed by atoms with Crippen LogP contribution in [0.3, 0.4) is 0 Å². The van der Waals surface area contributed by atoms with E-state index in [2.05, 4.69) is 37.1 Å². The summed E-state index contributed by atoms with van der Waals surface area (Å²) in [7, 11) is 1.56. The highest BCUT2D eigenvalue weighted by Gasteiger charge is 2.37. The number of carbonyl (C=O) groups excluding carboxylic acids is 3. The van der Waals surface area contributed by atoms with Gasteiger partial charge in [0.15, 0.2) is 0 Å². The van der Waals surface area contributed by atoms with E-state index in [0.29, 0.717) is 31.8 Å². The second-order valence-electron chi connectivity index (χ2n) is 7.97. The smallest absolute Gasteiger partial charge is 0.314 e. The van der Waals surface area contributed by atoms with E-state index >= 15 is 0 Å². The zero-order chi connectivity index (χ0) is 22.3. The fourth-order valence-electron chi connectivity index (χ4n) is 3.43. The normalized spacial score (nSPS) is 20.6. The van der Waals surface area contributed by atoms with E-state index < -0.39 is 12.1 Å². The van der Waals surface area contributed by atoms with Crippen LogP contribution in [0.25, 0.3) is 0 Å². The van der Waals surface area contributed by atoms with Crippen molar-refractivity contribution in [2.75, 3.05) is 20.1 Å². The van der Waals surface area contributed by atoms with Crippen LogP contribution in [0.1, 0.15) is 25.8 Å². The molecule has 4 amide bonds. The van der Waals surface area contributed by atoms with Gasteiger partial charge in [-0.25, -0.2) is 4.79 Å². The van der Waals surface area contributed by atoms with Crippen LogP contribution >= 0.6 is 24.4 Å². The van der Waals surface area contributed by atoms with Gasteiger partial charge >= 0.3 is 6.03 Å². The highest BCUT2D eigenvalue weighted by molar-refractivity contribution is 8.02. The molecular weight excluding hydrogens is 420 g/mol. The van der Waals surface area contributed by atoms with E-state index in [1.165, 1.54) is 11.8 Å². The Morgan fingerprint density at radius 3 is 2.40 bits per heavy atom. The SMILES string of the molecule is CNC(=O)[C@H](Cc1ccccc1)NC(=O)[C@@H](CC(C)C)S[C@@H]1CN(C(N)=O)C[C@@H]1S. The molecule has 4 N–H and O–H groups in total. The molecule has 1 fully saturated rings. The summed E-state index contributed by atoms with van der Waals surface area (Å²) in [5, 5.41) is 5.18. The van der Waals surface area contributed by atoms with Crippen molar-refractivity contribution in [3.8, 4) is 0 Å². The molecule has 1 aliphatic heterocycles. The summed E-state index contributed by atoms with van der Waals surface area (Å²) < 4.78 is 0. The number of nitrogens with zero attached hydrogens (tertiary/aromatic N) is 1. The predicted molar refractivity (Wildman–Crippen MR) is 125 cm³/mol. The molecule has 1 saturated heterocycles. The van der Waals surface area contributed by atoms with Crippen LogP contribution in [-0.2, 0) is 16.0 Å². The number of rotatable bonds is 9. The molecule has 2 rings (SSSR count). The Morgan fingerprint density at radius 2 is 1.87 bits per heavy atom. The number of carbonyl (C=O) groups is 3. The number of thioether (sulfide) groups is 1. The standard InChI is InChI=1S/C21H32N4O3S2/c1-13(2)9-17(30-18-12-25(21(22)28)11-16(18)29)20(27)24-15(19(26)23-3)10-14-7-5-4-6-8-14/h4-8,13,15-18,29H,9-12H2,1-3H3,(H2,22,28)(H,23,26)(H,24,27)/t15-,16-,17+,18+/m0/s1. The van der Waals surface area contributed by atoms with Gasteiger partial charge < -0.3 is 21.3 Å². The molecule has 30 heavy (non-hydrogen) atoms. The summed E-state index contributed by atoms with van der Waals surface area (Å²) >= 11 is 6.11. The van der Waals surface area contributed by atoms with Crippen molar-refractivity contribution in [1.29, 1.82) is 0 Å². The third-order valence-corrected chi connectivity index (χ3v) is 7.31. The Bertz CT molecular complexity index is 732. The zero-order valence-corrected chi connectivity index (χ0v) is 19.4. The van der Waals surface area contributed by atoms with E-state index in [0.717, 1.165) is 5.56 Å². The topological polar surface area (TPSA) is 105 Å². The fourth-order valence-corrected chi connectivity index (χ4v) is 5.58. The third kappa shape index (κ3) is 7.12. The first-order valence-corrected chi connectivity index (χ1v) is 11.6. The van der Waals surface area contributed by atoms with Gasteiger partial charge in [-0.15, -0.1) is 11.8 Å². The van der Waals surface area contributed by atoms with E-state index in [1.807, 2.05) is 30.3 Å². The Hall–Kier alpha value is -1.87. The summed E-state index contributed by atoms with van der Waals surface area (Å²) in [6, 6.07) is 8.48. The first-order chi connectivity index (χ1) is 14.2. The molecular formula is C21H32N4O3S2. The molecule has 4 atom stereocenters. The van der Waals surface area contributed by atoms with E-state index in [4.69, 9.17) is 5.73 Å². The number of hydrogen-bond donors (Lipinski definition) is 4. The van der Waals surface area contributed by atoms with Crippen LogP contribution < -0.4 is 16.4 Å². The van der Waals surface area contributed by atoms with E-state index in [9.17, 15) is 14.4 Å². The molecule has 7 nitrogen and oxygen atoms in total. The summed E-state index contributed by atoms with van der Waals surface area (Å²) in [6.07, 6.45) is 1.08. The number of nitrogens with two attached hydrogens (primary N) is 1. The minimum absolute atomic E-state index is 0.00269. The van der Waals surface area contributed by atoms with Crippen molar-refractivity contribution in [3.05, 3.63) is 35.9 Å². The number of benzene rings is 1. The third-order valence-electron chi connectivity index (χ3n) is 5.03. The highest BCUT2D eigenvalue weighted by Crippen LogP contribution is 2.32. The lowest BCUT2D eigenvalue weighted by atomic mass is 10.0. The van der Waals surface area contributed by atoms with Crippen LogP contribution in [0.5, 0.6) is 0 Å². The number of thiol groups is 1. The highest BCUT2D eigenvalue weighted by atomic mass is 32.2. The van der Waals surface area contributed by atoms with Crippen molar-refractivity contribution in [2.45, 2.75) is 48.5 Å². The average Bonchev–Trinajstić information content (AvgIpc) is 3.07. The predicted octanol–water partition coefficient (Wildman–Crippen LogP) is 1.67. The maximum Gasteiger partial charge on any atom is 0.314 e. The molecule has 0 radical (unpaired) electrons. The molecule has 1 aromatic carbocycles. The summed E-state index contributed by atoms with van der Waals surface area (Å²) in [5.74, 6) is -0.0996. The van der Waals surface area contributed by atoms with Gasteiger partial charge in [0.25, 0.3) is 0 Å². The van der Waals surface area contributed by atoms with Gasteiger partial charge in [-0.1, -0.05) is 44.2 Å². The Balaban J connectivity index is 2.10. The van der Waals surface area contributed by atoms with Crippen LogP contribution in [0.4, 0.5) is 4.79 Å². The zero-order valence-electron chi connectivity index (χ0n) is 17.7. The van der Waals surface area contributed by atoms with Gasteiger partial charge in [0.1, 0.15) is 6.04 Å². The first-order valence-electron chi connectivity index (χ1n) is 10.1. The quantitative estimate of drug-likeness (QED) is 0.428. The van der Waals surface area contributed by atoms with Crippen LogP contribution in [0.15, 0.2) is 30.3 Å². The Labute approximate surface area is 188 Å². The number of likely N-dealkylation sites (N-methyl/N-ethyl adjacent to an activating group) is 1. The second kappa shape index (κ2) is 11.5. The van der Waals surface area contributed by atoms with Gasteiger partial charge in [-0.2, -0.15) is 12.6 Å². The molecule has 1 aliphatic rings. The minimum Gasteiger partial charge on any atom is -0.357 e. The van der Waals surface area contributed by atoms with Crippen LogP contribution in [0.2, 0.25) is 0 Å². The lowest BCUT2D eigenvalue weighted by Crippen LogP contribution is -2.50. The molecule has 166 valence electrons. The molecule has 0 aliphatic carbocycles. The second-order valence-corrected chi connectivity index (χ2v) is 10.1.